The van der Waals surface area contributed by atoms with Gasteiger partial charge in [-0.3, -0.25) is 9.69 Å². The second-order valence-corrected chi connectivity index (χ2v) is 6.84. The van der Waals surface area contributed by atoms with Crippen molar-refractivity contribution >= 4 is 17.6 Å². The van der Waals surface area contributed by atoms with Crippen LogP contribution in [0.4, 0.5) is 5.69 Å². The van der Waals surface area contributed by atoms with Gasteiger partial charge >= 0.3 is 5.97 Å². The Bertz CT molecular complexity index is 977. The number of methoxy groups -OCH3 is 2. The molecular weight excluding hydrogens is 358 g/mol. The minimum absolute atomic E-state index is 0.0799. The maximum Gasteiger partial charge on any atom is 0.336 e. The van der Waals surface area contributed by atoms with Gasteiger partial charge in [-0.25, -0.2) is 4.79 Å². The van der Waals surface area contributed by atoms with Gasteiger partial charge in [0, 0.05) is 23.6 Å². The lowest BCUT2D eigenvalue weighted by molar-refractivity contribution is -0.136. The fourth-order valence-electron chi connectivity index (χ4n) is 3.90. The molecule has 2 aliphatic rings. The Morgan fingerprint density at radius 3 is 2.46 bits per heavy atom. The van der Waals surface area contributed by atoms with Gasteiger partial charge in [0.1, 0.15) is 6.61 Å². The average Bonchev–Trinajstić information content (AvgIpc) is 3.09. The fourth-order valence-corrected chi connectivity index (χ4v) is 3.90. The van der Waals surface area contributed by atoms with Crippen molar-refractivity contribution in [1.29, 1.82) is 0 Å². The maximum atomic E-state index is 13.1. The molecule has 1 atom stereocenters. The topological polar surface area (TPSA) is 65.1 Å². The Kier molecular flexibility index (Phi) is 4.55. The van der Waals surface area contributed by atoms with Crippen molar-refractivity contribution in [3.8, 4) is 11.5 Å². The monoisotopic (exact) mass is 379 g/mol. The molecule has 0 bridgehead atoms. The van der Waals surface area contributed by atoms with Crippen LogP contribution in [0.5, 0.6) is 11.5 Å². The normalized spacial score (nSPS) is 18.8. The first-order valence-corrected chi connectivity index (χ1v) is 9.05. The summed E-state index contributed by atoms with van der Waals surface area (Å²) in [6.07, 6.45) is 0.144. The van der Waals surface area contributed by atoms with E-state index in [4.69, 9.17) is 14.2 Å². The Morgan fingerprint density at radius 2 is 1.79 bits per heavy atom. The quantitative estimate of drug-likeness (QED) is 0.763. The number of benzene rings is 2. The molecule has 0 spiro atoms. The zero-order valence-electron chi connectivity index (χ0n) is 16.0. The predicted octanol–water partition coefficient (Wildman–Crippen LogP) is 3.34. The van der Waals surface area contributed by atoms with E-state index in [1.807, 2.05) is 43.3 Å². The van der Waals surface area contributed by atoms with Crippen LogP contribution < -0.4 is 14.4 Å². The Labute approximate surface area is 163 Å². The number of carbonyl (C=O) groups is 2. The van der Waals surface area contributed by atoms with E-state index in [9.17, 15) is 9.59 Å². The minimum atomic E-state index is -0.441. The number of amides is 1. The van der Waals surface area contributed by atoms with Crippen molar-refractivity contribution in [2.24, 2.45) is 0 Å². The highest BCUT2D eigenvalue weighted by atomic mass is 16.5. The van der Waals surface area contributed by atoms with Crippen LogP contribution in [0, 0.1) is 6.92 Å². The molecule has 0 radical (unpaired) electrons. The summed E-state index contributed by atoms with van der Waals surface area (Å²) < 4.78 is 16.2. The molecule has 4 rings (SSSR count). The van der Waals surface area contributed by atoms with Gasteiger partial charge in [-0.1, -0.05) is 29.8 Å². The molecule has 6 nitrogen and oxygen atoms in total. The molecule has 2 aromatic rings. The molecule has 2 aliphatic heterocycles. The standard InChI is InChI=1S/C22H21NO5/c1-13-7-9-14(10-8-13)23-17-12-28-22(25)20(17)16(11-19(23)24)15-5-4-6-18(26-2)21(15)27-3/h4-10,16H,11-12H2,1-3H3. The Balaban J connectivity index is 1.85. The van der Waals surface area contributed by atoms with Crippen LogP contribution >= 0.6 is 0 Å². The van der Waals surface area contributed by atoms with Crippen molar-refractivity contribution < 1.29 is 23.8 Å². The molecule has 0 N–H and O–H groups in total. The SMILES string of the molecule is COc1cccc(C2CC(=O)N(c3ccc(C)cc3)C3=C2C(=O)OC3)c1OC. The van der Waals surface area contributed by atoms with Crippen LogP contribution in [0.2, 0.25) is 0 Å². The summed E-state index contributed by atoms with van der Waals surface area (Å²) in [6, 6.07) is 13.1. The third kappa shape index (κ3) is 2.81. The van der Waals surface area contributed by atoms with Gasteiger partial charge in [-0.15, -0.1) is 0 Å². The van der Waals surface area contributed by atoms with E-state index >= 15 is 0 Å². The third-order valence-corrected chi connectivity index (χ3v) is 5.22. The molecular formula is C22H21NO5. The number of para-hydroxylation sites is 1. The largest absolute Gasteiger partial charge is 0.493 e. The van der Waals surface area contributed by atoms with Crippen molar-refractivity contribution in [2.45, 2.75) is 19.3 Å². The summed E-state index contributed by atoms with van der Waals surface area (Å²) in [4.78, 5) is 27.3. The number of rotatable bonds is 4. The minimum Gasteiger partial charge on any atom is -0.493 e. The van der Waals surface area contributed by atoms with Crippen molar-refractivity contribution in [1.82, 2.24) is 0 Å². The summed E-state index contributed by atoms with van der Waals surface area (Å²) in [6.45, 7) is 2.07. The molecule has 0 saturated heterocycles. The molecule has 2 heterocycles. The number of aryl methyl sites for hydroxylation is 1. The van der Waals surface area contributed by atoms with Crippen LogP contribution in [0.15, 0.2) is 53.7 Å². The number of cyclic esters (lactones) is 1. The first kappa shape index (κ1) is 18.1. The number of ether oxygens (including phenoxy) is 3. The molecule has 1 amide bonds. The lowest BCUT2D eigenvalue weighted by atomic mass is 9.83. The lowest BCUT2D eigenvalue weighted by Crippen LogP contribution is -2.37. The van der Waals surface area contributed by atoms with Gasteiger partial charge in [0.15, 0.2) is 11.5 Å². The smallest absolute Gasteiger partial charge is 0.336 e. The van der Waals surface area contributed by atoms with Crippen molar-refractivity contribution in [3.05, 3.63) is 64.9 Å². The molecule has 144 valence electrons. The van der Waals surface area contributed by atoms with Gasteiger partial charge in [0.2, 0.25) is 5.91 Å². The number of anilines is 1. The Hall–Kier alpha value is -3.28. The molecule has 0 fully saturated rings. The van der Waals surface area contributed by atoms with Gasteiger partial charge in [0.25, 0.3) is 0 Å². The highest BCUT2D eigenvalue weighted by molar-refractivity contribution is 6.06. The number of hydrogen-bond acceptors (Lipinski definition) is 5. The van der Waals surface area contributed by atoms with Gasteiger partial charge < -0.3 is 14.2 Å². The van der Waals surface area contributed by atoms with Crippen LogP contribution in [-0.2, 0) is 14.3 Å². The van der Waals surface area contributed by atoms with Crippen LogP contribution in [0.25, 0.3) is 0 Å². The first-order chi connectivity index (χ1) is 13.5. The number of nitrogens with zero attached hydrogens (tertiary/aromatic N) is 1. The summed E-state index contributed by atoms with van der Waals surface area (Å²) in [7, 11) is 3.11. The lowest BCUT2D eigenvalue weighted by Gasteiger charge is -2.32. The average molecular weight is 379 g/mol. The van der Waals surface area contributed by atoms with E-state index in [1.54, 1.807) is 25.2 Å². The van der Waals surface area contributed by atoms with E-state index in [0.29, 0.717) is 22.8 Å². The van der Waals surface area contributed by atoms with E-state index in [1.165, 1.54) is 0 Å². The first-order valence-electron chi connectivity index (χ1n) is 9.05. The molecule has 28 heavy (non-hydrogen) atoms. The van der Waals surface area contributed by atoms with Crippen LogP contribution in [0.3, 0.4) is 0 Å². The summed E-state index contributed by atoms with van der Waals surface area (Å²) in [5, 5.41) is 0. The van der Waals surface area contributed by atoms with Gasteiger partial charge in [-0.2, -0.15) is 0 Å². The zero-order chi connectivity index (χ0) is 19.8. The van der Waals surface area contributed by atoms with Crippen molar-refractivity contribution in [3.63, 3.8) is 0 Å². The van der Waals surface area contributed by atoms with E-state index in [2.05, 4.69) is 0 Å². The summed E-state index contributed by atoms with van der Waals surface area (Å²) in [5.74, 6) is 0.162. The molecule has 1 unspecified atom stereocenters. The summed E-state index contributed by atoms with van der Waals surface area (Å²) >= 11 is 0. The zero-order valence-corrected chi connectivity index (χ0v) is 16.0. The van der Waals surface area contributed by atoms with Crippen LogP contribution in [0.1, 0.15) is 23.5 Å². The summed E-state index contributed by atoms with van der Waals surface area (Å²) in [5.41, 5.74) is 3.68. The van der Waals surface area contributed by atoms with Crippen LogP contribution in [-0.4, -0.2) is 32.7 Å². The van der Waals surface area contributed by atoms with Gasteiger partial charge in [0.05, 0.1) is 25.5 Å². The molecule has 0 saturated carbocycles. The van der Waals surface area contributed by atoms with E-state index < -0.39 is 11.9 Å². The predicted molar refractivity (Wildman–Crippen MR) is 104 cm³/mol. The Morgan fingerprint density at radius 1 is 1.04 bits per heavy atom. The third-order valence-electron chi connectivity index (χ3n) is 5.22. The molecule has 6 heteroatoms. The highest BCUT2D eigenvalue weighted by Crippen LogP contribution is 2.46. The van der Waals surface area contributed by atoms with Crippen molar-refractivity contribution in [2.75, 3.05) is 25.7 Å². The molecule has 2 aromatic carbocycles. The van der Waals surface area contributed by atoms with Gasteiger partial charge in [-0.05, 0) is 25.1 Å². The second kappa shape index (κ2) is 7.03. The van der Waals surface area contributed by atoms with E-state index in [0.717, 1.165) is 16.8 Å². The second-order valence-electron chi connectivity index (χ2n) is 6.84. The highest BCUT2D eigenvalue weighted by Gasteiger charge is 2.44. The fraction of sp³-hybridized carbons (Fsp3) is 0.273. The molecule has 0 aliphatic carbocycles. The molecule has 0 aromatic heterocycles. The number of carbonyl (C=O) groups excluding carboxylic acids is 2. The number of esters is 1. The maximum absolute atomic E-state index is 13.1. The van der Waals surface area contributed by atoms with E-state index in [-0.39, 0.29) is 18.9 Å². The number of hydrogen-bond donors (Lipinski definition) is 0.